The van der Waals surface area contributed by atoms with Crippen molar-refractivity contribution in [2.45, 2.75) is 49.4 Å². The Morgan fingerprint density at radius 1 is 1.24 bits per heavy atom. The van der Waals surface area contributed by atoms with Crippen molar-refractivity contribution >= 4 is 16.9 Å². The van der Waals surface area contributed by atoms with E-state index in [2.05, 4.69) is 17.6 Å². The number of aromatic nitrogens is 1. The number of carbonyl (C=O) groups excluding carboxylic acids is 1. The van der Waals surface area contributed by atoms with Crippen molar-refractivity contribution in [2.24, 2.45) is 11.8 Å². The fraction of sp³-hybridized carbons (Fsp3) is 0.538. The fourth-order valence-corrected chi connectivity index (χ4v) is 5.32. The molecule has 0 spiro atoms. The molecule has 2 bridgehead atoms. The number of rotatable bonds is 9. The number of hydrogen-bond donors (Lipinski definition) is 7. The van der Waals surface area contributed by atoms with Crippen molar-refractivity contribution in [1.29, 1.82) is 0 Å². The van der Waals surface area contributed by atoms with Gasteiger partial charge < -0.3 is 50.2 Å². The molecule has 0 radical (unpaired) electrons. The zero-order valence-corrected chi connectivity index (χ0v) is 20.7. The van der Waals surface area contributed by atoms with Gasteiger partial charge in [0.25, 0.3) is 0 Å². The predicted octanol–water partition coefficient (Wildman–Crippen LogP) is -3.07. The SMILES string of the molecule is C=CC1C[NH+]2CCC1CC2C(O)c1ccnc2ccc(OC)cc12.O=C([O-])[C@@H](O)[C@H](O)[C@@H](O)[C@@H](O)CO. The summed E-state index contributed by atoms with van der Waals surface area (Å²) in [5.41, 5.74) is 1.88. The first kappa shape index (κ1) is 28.9. The van der Waals surface area contributed by atoms with Gasteiger partial charge in [-0.1, -0.05) is 6.08 Å². The minimum absolute atomic E-state index is 0.261. The maximum Gasteiger partial charge on any atom is 0.131 e. The summed E-state index contributed by atoms with van der Waals surface area (Å²) in [4.78, 5) is 15.9. The van der Waals surface area contributed by atoms with Gasteiger partial charge in [0.2, 0.25) is 0 Å². The van der Waals surface area contributed by atoms with Crippen LogP contribution in [0, 0.1) is 11.8 Å². The van der Waals surface area contributed by atoms with Crippen LogP contribution in [0.15, 0.2) is 43.1 Å². The average Bonchev–Trinajstić information content (AvgIpc) is 2.94. The van der Waals surface area contributed by atoms with Crippen LogP contribution >= 0.6 is 0 Å². The van der Waals surface area contributed by atoms with E-state index in [-0.39, 0.29) is 6.04 Å². The highest BCUT2D eigenvalue weighted by molar-refractivity contribution is 5.83. The van der Waals surface area contributed by atoms with E-state index in [1.165, 1.54) is 11.3 Å². The average molecular weight is 521 g/mol. The van der Waals surface area contributed by atoms with E-state index in [1.54, 1.807) is 13.3 Å². The molecule has 0 saturated carbocycles. The summed E-state index contributed by atoms with van der Waals surface area (Å²) in [5.74, 6) is 0.0962. The Morgan fingerprint density at radius 2 is 1.97 bits per heavy atom. The number of nitrogens with zero attached hydrogens (tertiary/aromatic N) is 1. The van der Waals surface area contributed by atoms with Crippen molar-refractivity contribution in [3.8, 4) is 5.75 Å². The van der Waals surface area contributed by atoms with Crippen LogP contribution in [-0.2, 0) is 4.79 Å². The first-order valence-electron chi connectivity index (χ1n) is 12.2. The molecule has 11 heteroatoms. The van der Waals surface area contributed by atoms with Crippen molar-refractivity contribution in [2.75, 3.05) is 26.8 Å². The summed E-state index contributed by atoms with van der Waals surface area (Å²) in [6, 6.07) is 8.08. The molecule has 7 N–H and O–H groups in total. The molecular weight excluding hydrogens is 484 g/mol. The fourth-order valence-electron chi connectivity index (χ4n) is 5.32. The molecule has 2 aromatic rings. The van der Waals surface area contributed by atoms with Gasteiger partial charge in [-0.25, -0.2) is 0 Å². The number of aliphatic hydroxyl groups excluding tert-OH is 6. The van der Waals surface area contributed by atoms with E-state index < -0.39 is 43.1 Å². The van der Waals surface area contributed by atoms with Crippen LogP contribution in [0.25, 0.3) is 10.9 Å². The van der Waals surface area contributed by atoms with E-state index in [1.807, 2.05) is 24.3 Å². The van der Waals surface area contributed by atoms with E-state index in [9.17, 15) is 15.0 Å². The molecule has 3 aliphatic rings. The molecule has 3 saturated heterocycles. The number of hydrogen-bond acceptors (Lipinski definition) is 10. The Bertz CT molecular complexity index is 1070. The van der Waals surface area contributed by atoms with Gasteiger partial charge in [-0.05, 0) is 35.7 Å². The lowest BCUT2D eigenvalue weighted by Gasteiger charge is -2.47. The Labute approximate surface area is 214 Å². The molecule has 5 unspecified atom stereocenters. The van der Waals surface area contributed by atoms with Crippen LogP contribution in [-0.4, -0.2) is 98.9 Å². The molecule has 37 heavy (non-hydrogen) atoms. The summed E-state index contributed by atoms with van der Waals surface area (Å²) in [7, 11) is 1.67. The number of quaternary nitrogens is 1. The van der Waals surface area contributed by atoms with Crippen LogP contribution in [0.2, 0.25) is 0 Å². The maximum atomic E-state index is 11.2. The summed E-state index contributed by atoms with van der Waals surface area (Å²) in [5, 5.41) is 65.6. The van der Waals surface area contributed by atoms with Gasteiger partial charge >= 0.3 is 0 Å². The Kier molecular flexibility index (Phi) is 9.96. The van der Waals surface area contributed by atoms with Crippen molar-refractivity contribution < 1.29 is 50.2 Å². The monoisotopic (exact) mass is 520 g/mol. The number of piperidine rings is 3. The summed E-state index contributed by atoms with van der Waals surface area (Å²) in [6.07, 6.45) is -2.32. The van der Waals surface area contributed by atoms with Crippen LogP contribution in [0.4, 0.5) is 0 Å². The number of carbonyl (C=O) groups is 1. The van der Waals surface area contributed by atoms with Gasteiger partial charge in [-0.15, -0.1) is 6.58 Å². The second kappa shape index (κ2) is 12.7. The number of carboxylic acid groups (broad SMARTS) is 1. The first-order valence-corrected chi connectivity index (χ1v) is 12.2. The third kappa shape index (κ3) is 6.44. The number of benzene rings is 1. The largest absolute Gasteiger partial charge is 0.547 e. The number of ether oxygens (including phenoxy) is 1. The number of fused-ring (bicyclic) bond motifs is 4. The second-order valence-corrected chi connectivity index (χ2v) is 9.63. The normalized spacial score (nSPS) is 26.8. The number of aliphatic hydroxyl groups is 6. The highest BCUT2D eigenvalue weighted by Gasteiger charge is 2.45. The van der Waals surface area contributed by atoms with E-state index in [4.69, 9.17) is 30.3 Å². The molecule has 0 aliphatic carbocycles. The predicted molar refractivity (Wildman–Crippen MR) is 130 cm³/mol. The summed E-state index contributed by atoms with van der Waals surface area (Å²) in [6.45, 7) is 5.39. The zero-order chi connectivity index (χ0) is 27.3. The summed E-state index contributed by atoms with van der Waals surface area (Å²) < 4.78 is 5.35. The number of nitrogens with one attached hydrogen (secondary N) is 1. The van der Waals surface area contributed by atoms with Crippen molar-refractivity contribution in [1.82, 2.24) is 4.98 Å². The molecule has 0 amide bonds. The molecule has 11 nitrogen and oxygen atoms in total. The van der Waals surface area contributed by atoms with E-state index in [0.717, 1.165) is 41.7 Å². The second-order valence-electron chi connectivity index (χ2n) is 9.63. The molecule has 9 atom stereocenters. The van der Waals surface area contributed by atoms with E-state index >= 15 is 0 Å². The Morgan fingerprint density at radius 3 is 2.54 bits per heavy atom. The third-order valence-corrected chi connectivity index (χ3v) is 7.50. The lowest BCUT2D eigenvalue weighted by molar-refractivity contribution is -0.949. The van der Waals surface area contributed by atoms with Crippen molar-refractivity contribution in [3.63, 3.8) is 0 Å². The van der Waals surface area contributed by atoms with Gasteiger partial charge in [0.1, 0.15) is 42.3 Å². The van der Waals surface area contributed by atoms with Crippen LogP contribution in [0.5, 0.6) is 5.75 Å². The molecule has 1 aromatic carbocycles. The number of carboxylic acids is 1. The van der Waals surface area contributed by atoms with Gasteiger partial charge in [0.05, 0.1) is 38.3 Å². The van der Waals surface area contributed by atoms with E-state index in [0.29, 0.717) is 11.8 Å². The molecule has 1 aromatic heterocycles. The topological polar surface area (TPSA) is 188 Å². The smallest absolute Gasteiger partial charge is 0.131 e. The number of aliphatic carboxylic acids is 1. The number of methoxy groups -OCH3 is 1. The lowest BCUT2D eigenvalue weighted by Crippen LogP contribution is -3.20. The van der Waals surface area contributed by atoms with Gasteiger partial charge in [0, 0.05) is 30.3 Å². The van der Waals surface area contributed by atoms with Crippen LogP contribution in [0.3, 0.4) is 0 Å². The Balaban J connectivity index is 0.000000251. The molecule has 3 aliphatic heterocycles. The molecule has 5 rings (SSSR count). The van der Waals surface area contributed by atoms with Crippen LogP contribution in [0.1, 0.15) is 24.5 Å². The quantitative estimate of drug-likeness (QED) is 0.167. The van der Waals surface area contributed by atoms with Crippen molar-refractivity contribution in [3.05, 3.63) is 48.7 Å². The standard InChI is InChI=1S/C20H24N2O2.C6H12O7/c1-3-13-12-22-9-7-14(13)10-19(22)20(23)16-6-8-21-18-5-4-15(24-2)11-17(16)18;7-1-2(8)3(9)4(10)5(11)6(12)13/h3-6,8,11,13-14,19-20,23H,1,7,9-10,12H2,2H3;2-5,7-11H,1H2,(H,12,13)/t;2-,3-,4+,5-/m.0/s1. The van der Waals surface area contributed by atoms with Gasteiger partial charge in [-0.2, -0.15) is 0 Å². The Hall–Kier alpha value is -2.64. The highest BCUT2D eigenvalue weighted by atomic mass is 16.5. The summed E-state index contributed by atoms with van der Waals surface area (Å²) >= 11 is 0. The first-order chi connectivity index (χ1) is 17.6. The lowest BCUT2D eigenvalue weighted by atomic mass is 9.73. The molecule has 3 fully saturated rings. The highest BCUT2D eigenvalue weighted by Crippen LogP contribution is 2.34. The van der Waals surface area contributed by atoms with Gasteiger partial charge in [0.15, 0.2) is 0 Å². The minimum atomic E-state index is -2.31. The zero-order valence-electron chi connectivity index (χ0n) is 20.7. The minimum Gasteiger partial charge on any atom is -0.547 e. The molecule has 204 valence electrons. The maximum absolute atomic E-state index is 11.2. The van der Waals surface area contributed by atoms with Gasteiger partial charge in [-0.3, -0.25) is 4.98 Å². The molecular formula is C26H36N2O9. The van der Waals surface area contributed by atoms with Crippen LogP contribution < -0.4 is 14.7 Å². The molecule has 4 heterocycles. The number of pyridine rings is 1. The third-order valence-electron chi connectivity index (χ3n) is 7.50.